The van der Waals surface area contributed by atoms with Crippen molar-refractivity contribution in [2.45, 2.75) is 0 Å². The summed E-state index contributed by atoms with van der Waals surface area (Å²) in [5.74, 6) is -3.18. The van der Waals surface area contributed by atoms with Gasteiger partial charge in [0, 0.05) is 11.6 Å². The second-order valence-electron chi connectivity index (χ2n) is 3.09. The normalized spacial score (nSPS) is 10.4. The van der Waals surface area contributed by atoms with Gasteiger partial charge >= 0.3 is 0 Å². The summed E-state index contributed by atoms with van der Waals surface area (Å²) in [6, 6.07) is 4.01. The van der Waals surface area contributed by atoms with Gasteiger partial charge in [0.25, 0.3) is 0 Å². The van der Waals surface area contributed by atoms with Crippen molar-refractivity contribution in [3.8, 4) is 11.3 Å². The molecule has 2 N–H and O–H groups in total. The number of hydrogen-bond donors (Lipinski definition) is 1. The molecule has 0 aliphatic rings. The van der Waals surface area contributed by atoms with Crippen LogP contribution >= 0.6 is 0 Å². The number of nitrogens with zero attached hydrogens (tertiary/aromatic N) is 2. The zero-order valence-electron chi connectivity index (χ0n) is 7.92. The van der Waals surface area contributed by atoms with Crippen LogP contribution in [-0.2, 0) is 0 Å². The fourth-order valence-corrected chi connectivity index (χ4v) is 1.23. The molecule has 0 spiro atoms. The molecule has 0 aliphatic carbocycles. The first-order valence-corrected chi connectivity index (χ1v) is 4.32. The van der Waals surface area contributed by atoms with Crippen LogP contribution in [-0.4, -0.2) is 10.2 Å². The number of hydrogen-bond acceptors (Lipinski definition) is 3. The summed E-state index contributed by atoms with van der Waals surface area (Å²) < 4.78 is 39.1. The largest absolute Gasteiger partial charge is 0.382 e. The van der Waals surface area contributed by atoms with Crippen molar-refractivity contribution in [2.75, 3.05) is 5.73 Å². The Morgan fingerprint density at radius 2 is 1.75 bits per heavy atom. The van der Waals surface area contributed by atoms with E-state index in [1.807, 2.05) is 0 Å². The fourth-order valence-electron chi connectivity index (χ4n) is 1.23. The molecule has 16 heavy (non-hydrogen) atoms. The number of halogens is 3. The number of benzene rings is 1. The van der Waals surface area contributed by atoms with Crippen molar-refractivity contribution >= 4 is 5.82 Å². The molecule has 0 unspecified atom stereocenters. The molecule has 0 aliphatic heterocycles. The van der Waals surface area contributed by atoms with Crippen LogP contribution in [0.2, 0.25) is 0 Å². The van der Waals surface area contributed by atoms with Crippen molar-refractivity contribution in [2.24, 2.45) is 0 Å². The first kappa shape index (κ1) is 10.4. The van der Waals surface area contributed by atoms with Crippen LogP contribution in [0.3, 0.4) is 0 Å². The van der Waals surface area contributed by atoms with Crippen molar-refractivity contribution in [1.82, 2.24) is 10.2 Å². The highest BCUT2D eigenvalue weighted by atomic mass is 19.2. The van der Waals surface area contributed by atoms with Crippen LogP contribution in [0.5, 0.6) is 0 Å². The molecule has 0 saturated carbocycles. The van der Waals surface area contributed by atoms with Crippen molar-refractivity contribution in [3.63, 3.8) is 0 Å². The van der Waals surface area contributed by atoms with Crippen LogP contribution in [0.1, 0.15) is 0 Å². The Kier molecular flexibility index (Phi) is 2.47. The Hall–Kier alpha value is -2.11. The lowest BCUT2D eigenvalue weighted by Crippen LogP contribution is -1.97. The summed E-state index contributed by atoms with van der Waals surface area (Å²) >= 11 is 0. The molecule has 0 radical (unpaired) electrons. The van der Waals surface area contributed by atoms with Gasteiger partial charge in [-0.1, -0.05) is 0 Å². The van der Waals surface area contributed by atoms with E-state index in [1.54, 1.807) is 0 Å². The van der Waals surface area contributed by atoms with Gasteiger partial charge in [-0.2, -0.15) is 0 Å². The van der Waals surface area contributed by atoms with E-state index in [9.17, 15) is 13.2 Å². The monoisotopic (exact) mass is 225 g/mol. The Morgan fingerprint density at radius 1 is 1.00 bits per heavy atom. The molecule has 1 aromatic carbocycles. The molecule has 3 nitrogen and oxygen atoms in total. The van der Waals surface area contributed by atoms with Gasteiger partial charge in [-0.25, -0.2) is 13.2 Å². The van der Waals surface area contributed by atoms with E-state index in [2.05, 4.69) is 10.2 Å². The number of nitrogen functional groups attached to an aromatic ring is 1. The SMILES string of the molecule is Nc1ccc(-c2cc(F)cc(F)c2F)nn1. The maximum atomic E-state index is 13.3. The summed E-state index contributed by atoms with van der Waals surface area (Å²) in [7, 11) is 0. The second kappa shape index (κ2) is 3.80. The predicted molar refractivity (Wildman–Crippen MR) is 51.8 cm³/mol. The highest BCUT2D eigenvalue weighted by Crippen LogP contribution is 2.23. The number of anilines is 1. The Morgan fingerprint density at radius 3 is 2.38 bits per heavy atom. The van der Waals surface area contributed by atoms with Gasteiger partial charge in [0.1, 0.15) is 11.6 Å². The minimum Gasteiger partial charge on any atom is -0.382 e. The third-order valence-electron chi connectivity index (χ3n) is 1.95. The summed E-state index contributed by atoms with van der Waals surface area (Å²) in [6.45, 7) is 0. The van der Waals surface area contributed by atoms with E-state index in [0.29, 0.717) is 6.07 Å². The molecule has 2 aromatic rings. The van der Waals surface area contributed by atoms with E-state index in [4.69, 9.17) is 5.73 Å². The minimum absolute atomic E-state index is 0.0186. The average molecular weight is 225 g/mol. The number of aromatic nitrogens is 2. The third-order valence-corrected chi connectivity index (χ3v) is 1.95. The molecule has 6 heteroatoms. The second-order valence-corrected chi connectivity index (χ2v) is 3.09. The maximum absolute atomic E-state index is 13.3. The molecule has 82 valence electrons. The lowest BCUT2D eigenvalue weighted by molar-refractivity contribution is 0.497. The molecule has 1 heterocycles. The van der Waals surface area contributed by atoms with Crippen LogP contribution in [0.4, 0.5) is 19.0 Å². The number of nitrogens with two attached hydrogens (primary N) is 1. The molecule has 2 rings (SSSR count). The van der Waals surface area contributed by atoms with Gasteiger partial charge in [-0.05, 0) is 18.2 Å². The van der Waals surface area contributed by atoms with Gasteiger partial charge in [0.05, 0.1) is 5.69 Å². The highest BCUT2D eigenvalue weighted by molar-refractivity contribution is 5.60. The first-order chi connectivity index (χ1) is 7.58. The van der Waals surface area contributed by atoms with Gasteiger partial charge in [-0.15, -0.1) is 10.2 Å². The topological polar surface area (TPSA) is 51.8 Å². The molecule has 0 fully saturated rings. The molecule has 0 bridgehead atoms. The quantitative estimate of drug-likeness (QED) is 0.756. The Balaban J connectivity index is 2.59. The van der Waals surface area contributed by atoms with Gasteiger partial charge in [0.15, 0.2) is 11.6 Å². The van der Waals surface area contributed by atoms with Gasteiger partial charge in [-0.3, -0.25) is 0 Å². The lowest BCUT2D eigenvalue weighted by atomic mass is 10.1. The molecule has 0 saturated heterocycles. The van der Waals surface area contributed by atoms with Crippen LogP contribution in [0.25, 0.3) is 11.3 Å². The number of rotatable bonds is 1. The standard InChI is InChI=1S/C10H6F3N3/c11-5-3-6(10(13)7(12)4-5)8-1-2-9(14)16-15-8/h1-4H,(H2,14,16). The Bertz CT molecular complexity index is 526. The first-order valence-electron chi connectivity index (χ1n) is 4.32. The summed E-state index contributed by atoms with van der Waals surface area (Å²) in [5.41, 5.74) is 5.02. The van der Waals surface area contributed by atoms with E-state index >= 15 is 0 Å². The molecule has 1 aromatic heterocycles. The highest BCUT2D eigenvalue weighted by Gasteiger charge is 2.13. The smallest absolute Gasteiger partial charge is 0.168 e. The lowest BCUT2D eigenvalue weighted by Gasteiger charge is -2.03. The van der Waals surface area contributed by atoms with Crippen LogP contribution < -0.4 is 5.73 Å². The zero-order chi connectivity index (χ0) is 11.7. The summed E-state index contributed by atoms with van der Waals surface area (Å²) in [6.07, 6.45) is 0. The van der Waals surface area contributed by atoms with Crippen LogP contribution in [0.15, 0.2) is 24.3 Å². The van der Waals surface area contributed by atoms with Gasteiger partial charge < -0.3 is 5.73 Å². The van der Waals surface area contributed by atoms with E-state index in [1.165, 1.54) is 12.1 Å². The predicted octanol–water partition coefficient (Wildman–Crippen LogP) is 2.14. The molecule has 0 amide bonds. The Labute approximate surface area is 88.7 Å². The fraction of sp³-hybridized carbons (Fsp3) is 0. The minimum atomic E-state index is -1.27. The van der Waals surface area contributed by atoms with E-state index in [-0.39, 0.29) is 17.1 Å². The summed E-state index contributed by atoms with van der Waals surface area (Å²) in [5, 5.41) is 7.02. The van der Waals surface area contributed by atoms with Crippen molar-refractivity contribution < 1.29 is 13.2 Å². The zero-order valence-corrected chi connectivity index (χ0v) is 7.92. The average Bonchev–Trinajstić information content (AvgIpc) is 2.25. The summed E-state index contributed by atoms with van der Waals surface area (Å²) in [4.78, 5) is 0. The molecular weight excluding hydrogens is 219 g/mol. The molecular formula is C10H6F3N3. The third kappa shape index (κ3) is 1.81. The van der Waals surface area contributed by atoms with Gasteiger partial charge in [0.2, 0.25) is 0 Å². The van der Waals surface area contributed by atoms with Crippen LogP contribution in [0, 0.1) is 17.5 Å². The van der Waals surface area contributed by atoms with Crippen molar-refractivity contribution in [1.29, 1.82) is 0 Å². The molecule has 0 atom stereocenters. The van der Waals surface area contributed by atoms with E-state index in [0.717, 1.165) is 6.07 Å². The maximum Gasteiger partial charge on any atom is 0.168 e. The van der Waals surface area contributed by atoms with Crippen molar-refractivity contribution in [3.05, 3.63) is 41.7 Å². The van der Waals surface area contributed by atoms with E-state index < -0.39 is 17.5 Å².